The molecule has 0 aliphatic carbocycles. The first-order valence-electron chi connectivity index (χ1n) is 10.6. The van der Waals surface area contributed by atoms with Crippen molar-refractivity contribution in [3.63, 3.8) is 0 Å². The number of aryl methyl sites for hydroxylation is 1. The van der Waals surface area contributed by atoms with E-state index in [1.807, 2.05) is 23.7 Å². The molecule has 1 saturated heterocycles. The molecule has 0 spiro atoms. The largest absolute Gasteiger partial charge is 0.322 e. The van der Waals surface area contributed by atoms with E-state index in [2.05, 4.69) is 70.3 Å². The zero-order valence-corrected chi connectivity index (χ0v) is 18.5. The average molecular weight is 410 g/mol. The normalized spacial score (nSPS) is 17.5. The van der Waals surface area contributed by atoms with Crippen molar-refractivity contribution in [1.82, 2.24) is 35.0 Å². The highest BCUT2D eigenvalue weighted by Crippen LogP contribution is 2.31. The summed E-state index contributed by atoms with van der Waals surface area (Å²) in [7, 11) is 2.13. The minimum absolute atomic E-state index is 0.0825. The molecule has 3 heterocycles. The number of piperazine rings is 1. The lowest BCUT2D eigenvalue weighted by molar-refractivity contribution is 0.117. The molecule has 1 atom stereocenters. The maximum absolute atomic E-state index is 13.2. The molecule has 0 unspecified atom stereocenters. The summed E-state index contributed by atoms with van der Waals surface area (Å²) >= 11 is 0. The highest BCUT2D eigenvalue weighted by molar-refractivity contribution is 5.79. The lowest BCUT2D eigenvalue weighted by atomic mass is 9.98. The standard InChI is InChI=1S/C22H31N7O/c1-6-22(3,4)29-20(24-25-26-29)19(28-11-9-27(5)10-12-28)17-14-16-8-7-15(2)13-18(16)23-21(17)30/h7-8,13-14,19H,6,9-12H2,1-5H3,(H,23,30)/t19-/m0/s1. The summed E-state index contributed by atoms with van der Waals surface area (Å²) in [5.74, 6) is 0.725. The van der Waals surface area contributed by atoms with Crippen LogP contribution in [-0.4, -0.2) is 68.2 Å². The summed E-state index contributed by atoms with van der Waals surface area (Å²) in [6.45, 7) is 12.0. The van der Waals surface area contributed by atoms with Gasteiger partial charge in [-0.05, 0) is 67.7 Å². The van der Waals surface area contributed by atoms with Crippen LogP contribution >= 0.6 is 0 Å². The fourth-order valence-corrected chi connectivity index (χ4v) is 4.06. The number of pyridine rings is 1. The van der Waals surface area contributed by atoms with Gasteiger partial charge in [0.2, 0.25) is 0 Å². The number of H-pyrrole nitrogens is 1. The van der Waals surface area contributed by atoms with Gasteiger partial charge in [0.05, 0.1) is 5.54 Å². The van der Waals surface area contributed by atoms with E-state index in [0.29, 0.717) is 5.56 Å². The molecule has 2 aromatic heterocycles. The second-order valence-electron chi connectivity index (χ2n) is 9.00. The second-order valence-corrected chi connectivity index (χ2v) is 9.00. The van der Waals surface area contributed by atoms with Crippen LogP contribution in [0.15, 0.2) is 29.1 Å². The molecule has 0 amide bonds. The zero-order valence-electron chi connectivity index (χ0n) is 18.5. The molecular weight excluding hydrogens is 378 g/mol. The Balaban J connectivity index is 1.88. The topological polar surface area (TPSA) is 82.9 Å². The predicted molar refractivity (Wildman–Crippen MR) is 118 cm³/mol. The minimum atomic E-state index is -0.297. The van der Waals surface area contributed by atoms with Crippen LogP contribution in [0.4, 0.5) is 0 Å². The van der Waals surface area contributed by atoms with Crippen LogP contribution < -0.4 is 5.56 Å². The summed E-state index contributed by atoms with van der Waals surface area (Å²) in [4.78, 5) is 21.0. The van der Waals surface area contributed by atoms with Crippen molar-refractivity contribution in [2.75, 3.05) is 33.2 Å². The maximum atomic E-state index is 13.2. The molecule has 160 valence electrons. The zero-order chi connectivity index (χ0) is 21.5. The van der Waals surface area contributed by atoms with Crippen molar-refractivity contribution in [2.45, 2.75) is 45.7 Å². The Labute approximate surface area is 176 Å². The van der Waals surface area contributed by atoms with Crippen molar-refractivity contribution < 1.29 is 0 Å². The van der Waals surface area contributed by atoms with Gasteiger partial charge in [0.1, 0.15) is 6.04 Å². The molecule has 1 aliphatic heterocycles. The van der Waals surface area contributed by atoms with Gasteiger partial charge in [-0.1, -0.05) is 19.1 Å². The third-order valence-corrected chi connectivity index (χ3v) is 6.40. The number of hydrogen-bond acceptors (Lipinski definition) is 6. The number of nitrogens with zero attached hydrogens (tertiary/aromatic N) is 6. The number of aromatic amines is 1. The summed E-state index contributed by atoms with van der Waals surface area (Å²) < 4.78 is 1.90. The van der Waals surface area contributed by atoms with Crippen LogP contribution in [0, 0.1) is 6.92 Å². The lowest BCUT2D eigenvalue weighted by Crippen LogP contribution is -2.48. The molecule has 0 bridgehead atoms. The monoisotopic (exact) mass is 409 g/mol. The summed E-state index contributed by atoms with van der Waals surface area (Å²) in [5, 5.41) is 13.8. The third-order valence-electron chi connectivity index (χ3n) is 6.40. The SMILES string of the molecule is CCC(C)(C)n1nnnc1[C@H](c1cc2ccc(C)cc2[nH]c1=O)N1CCN(C)CC1. The molecule has 1 fully saturated rings. The Morgan fingerprint density at radius 3 is 2.60 bits per heavy atom. The van der Waals surface area contributed by atoms with Gasteiger partial charge in [-0.15, -0.1) is 5.10 Å². The molecule has 1 N–H and O–H groups in total. The number of likely N-dealkylation sites (N-methyl/N-ethyl adjacent to an activating group) is 1. The van der Waals surface area contributed by atoms with E-state index in [0.717, 1.165) is 54.9 Å². The first kappa shape index (κ1) is 20.7. The second kappa shape index (κ2) is 7.92. The number of nitrogens with one attached hydrogen (secondary N) is 1. The van der Waals surface area contributed by atoms with Gasteiger partial charge in [0.15, 0.2) is 5.82 Å². The molecule has 0 saturated carbocycles. The predicted octanol–water partition coefficient (Wildman–Crippen LogP) is 2.30. The number of rotatable bonds is 5. The van der Waals surface area contributed by atoms with Crippen molar-refractivity contribution in [1.29, 1.82) is 0 Å². The number of aromatic nitrogens is 5. The molecule has 1 aromatic carbocycles. The minimum Gasteiger partial charge on any atom is -0.322 e. The first-order chi connectivity index (χ1) is 14.3. The smallest absolute Gasteiger partial charge is 0.253 e. The van der Waals surface area contributed by atoms with Crippen molar-refractivity contribution >= 4 is 10.9 Å². The Kier molecular flexibility index (Phi) is 5.46. The molecule has 1 aliphatic rings. The van der Waals surface area contributed by atoms with Gasteiger partial charge in [-0.2, -0.15) is 0 Å². The molecule has 8 heteroatoms. The van der Waals surface area contributed by atoms with E-state index in [9.17, 15) is 4.79 Å². The lowest BCUT2D eigenvalue weighted by Gasteiger charge is -2.38. The fraction of sp³-hybridized carbons (Fsp3) is 0.545. The van der Waals surface area contributed by atoms with E-state index in [1.165, 1.54) is 0 Å². The first-order valence-corrected chi connectivity index (χ1v) is 10.6. The Morgan fingerprint density at radius 1 is 1.17 bits per heavy atom. The van der Waals surface area contributed by atoms with Crippen LogP contribution in [0.3, 0.4) is 0 Å². The highest BCUT2D eigenvalue weighted by atomic mass is 16.1. The molecule has 30 heavy (non-hydrogen) atoms. The van der Waals surface area contributed by atoms with Gasteiger partial charge >= 0.3 is 0 Å². The molecule has 3 aromatic rings. The van der Waals surface area contributed by atoms with Gasteiger partial charge in [0.25, 0.3) is 5.56 Å². The molecular formula is C22H31N7O. The van der Waals surface area contributed by atoms with Gasteiger partial charge in [-0.3, -0.25) is 9.69 Å². The number of benzene rings is 1. The Hall–Kier alpha value is -2.58. The van der Waals surface area contributed by atoms with Crippen LogP contribution in [0.5, 0.6) is 0 Å². The van der Waals surface area contributed by atoms with E-state index in [-0.39, 0.29) is 17.1 Å². The van der Waals surface area contributed by atoms with Gasteiger partial charge < -0.3 is 9.88 Å². The Morgan fingerprint density at radius 2 is 1.90 bits per heavy atom. The maximum Gasteiger partial charge on any atom is 0.253 e. The third kappa shape index (κ3) is 3.77. The Bertz CT molecular complexity index is 1090. The van der Waals surface area contributed by atoms with E-state index >= 15 is 0 Å². The number of tetrazole rings is 1. The molecule has 4 rings (SSSR count). The summed E-state index contributed by atoms with van der Waals surface area (Å²) in [6.07, 6.45) is 0.883. The highest BCUT2D eigenvalue weighted by Gasteiger charge is 2.35. The van der Waals surface area contributed by atoms with Gasteiger partial charge in [-0.25, -0.2) is 4.68 Å². The number of hydrogen-bond donors (Lipinski definition) is 1. The van der Waals surface area contributed by atoms with E-state index in [4.69, 9.17) is 0 Å². The summed E-state index contributed by atoms with van der Waals surface area (Å²) in [5.41, 5.74) is 2.34. The van der Waals surface area contributed by atoms with Crippen molar-refractivity contribution in [3.8, 4) is 0 Å². The van der Waals surface area contributed by atoms with Gasteiger partial charge in [0, 0.05) is 37.3 Å². The van der Waals surface area contributed by atoms with Crippen molar-refractivity contribution in [2.24, 2.45) is 0 Å². The van der Waals surface area contributed by atoms with Crippen LogP contribution in [0.2, 0.25) is 0 Å². The van der Waals surface area contributed by atoms with Crippen LogP contribution in [0.1, 0.15) is 50.2 Å². The fourth-order valence-electron chi connectivity index (χ4n) is 4.06. The van der Waals surface area contributed by atoms with Crippen molar-refractivity contribution in [3.05, 3.63) is 51.6 Å². The van der Waals surface area contributed by atoms with E-state index in [1.54, 1.807) is 0 Å². The molecule has 8 nitrogen and oxygen atoms in total. The molecule has 0 radical (unpaired) electrons. The average Bonchev–Trinajstić information content (AvgIpc) is 3.20. The number of fused-ring (bicyclic) bond motifs is 1. The van der Waals surface area contributed by atoms with Crippen LogP contribution in [-0.2, 0) is 5.54 Å². The van der Waals surface area contributed by atoms with E-state index < -0.39 is 0 Å². The summed E-state index contributed by atoms with van der Waals surface area (Å²) in [6, 6.07) is 7.85. The quantitative estimate of drug-likeness (QED) is 0.696. The van der Waals surface area contributed by atoms with Crippen LogP contribution in [0.25, 0.3) is 10.9 Å².